The van der Waals surface area contributed by atoms with Gasteiger partial charge < -0.3 is 20.4 Å². The number of hydrogen-bond donors (Lipinski definition) is 3. The van der Waals surface area contributed by atoms with Crippen molar-refractivity contribution in [2.45, 2.75) is 32.6 Å². The minimum atomic E-state index is -3.03. The van der Waals surface area contributed by atoms with Crippen molar-refractivity contribution in [2.75, 3.05) is 31.0 Å². The summed E-state index contributed by atoms with van der Waals surface area (Å²) in [6, 6.07) is 5.83. The van der Waals surface area contributed by atoms with E-state index in [1.807, 2.05) is 25.1 Å². The number of carbonyl (C=O) groups is 1. The fourth-order valence-corrected chi connectivity index (χ4v) is 5.01. The molecule has 0 radical (unpaired) electrons. The Morgan fingerprint density at radius 3 is 2.88 bits per heavy atom. The van der Waals surface area contributed by atoms with Gasteiger partial charge in [0, 0.05) is 24.4 Å². The third-order valence-electron chi connectivity index (χ3n) is 6.04. The highest BCUT2D eigenvalue weighted by Crippen LogP contribution is 2.37. The zero-order valence-electron chi connectivity index (χ0n) is 19.1. The number of aromatic nitrogens is 3. The van der Waals surface area contributed by atoms with E-state index in [1.165, 1.54) is 12.6 Å². The second-order valence-electron chi connectivity index (χ2n) is 8.52. The summed E-state index contributed by atoms with van der Waals surface area (Å²) in [5.41, 5.74) is 4.72. The maximum Gasteiger partial charge on any atom is 0.223 e. The van der Waals surface area contributed by atoms with Crippen molar-refractivity contribution < 1.29 is 17.9 Å². The second-order valence-corrected chi connectivity index (χ2v) is 10.8. The van der Waals surface area contributed by atoms with Gasteiger partial charge in [0.15, 0.2) is 0 Å². The van der Waals surface area contributed by atoms with Crippen LogP contribution in [0, 0.1) is 12.8 Å². The average molecular weight is 472 g/mol. The first kappa shape index (κ1) is 23.0. The Labute approximate surface area is 193 Å². The van der Waals surface area contributed by atoms with Crippen LogP contribution in [0.15, 0.2) is 24.5 Å². The Kier molecular flexibility index (Phi) is 6.55. The molecule has 10 heteroatoms. The van der Waals surface area contributed by atoms with Crippen LogP contribution in [-0.2, 0) is 27.5 Å². The van der Waals surface area contributed by atoms with E-state index >= 15 is 0 Å². The molecule has 0 aliphatic heterocycles. The largest absolute Gasteiger partial charge is 0.495 e. The van der Waals surface area contributed by atoms with Crippen LogP contribution in [0.5, 0.6) is 5.75 Å². The SMILES string of the molecule is COc1cccc(C)c1Nc1ncnc2[nH]c3c(c12)CC(C(=O)NCCCS(C)(=O)=O)CC3. The van der Waals surface area contributed by atoms with E-state index in [2.05, 4.69) is 25.6 Å². The van der Waals surface area contributed by atoms with E-state index in [4.69, 9.17) is 4.74 Å². The number of amides is 1. The molecular formula is C23H29N5O4S. The number of H-pyrrole nitrogens is 1. The highest BCUT2D eigenvalue weighted by molar-refractivity contribution is 7.90. The molecule has 4 rings (SSSR count). The van der Waals surface area contributed by atoms with E-state index in [-0.39, 0.29) is 17.6 Å². The van der Waals surface area contributed by atoms with Gasteiger partial charge in [-0.2, -0.15) is 0 Å². The lowest BCUT2D eigenvalue weighted by Crippen LogP contribution is -2.35. The summed E-state index contributed by atoms with van der Waals surface area (Å²) in [7, 11) is -1.40. The van der Waals surface area contributed by atoms with Crippen LogP contribution < -0.4 is 15.4 Å². The summed E-state index contributed by atoms with van der Waals surface area (Å²) in [6.45, 7) is 2.35. The first-order valence-electron chi connectivity index (χ1n) is 11.0. The molecule has 2 heterocycles. The summed E-state index contributed by atoms with van der Waals surface area (Å²) in [4.78, 5) is 25.1. The molecule has 3 N–H and O–H groups in total. The number of sulfone groups is 1. The van der Waals surface area contributed by atoms with Crippen LogP contribution in [0.2, 0.25) is 0 Å². The van der Waals surface area contributed by atoms with Crippen molar-refractivity contribution in [3.8, 4) is 5.75 Å². The average Bonchev–Trinajstić information content (AvgIpc) is 3.16. The molecule has 1 aliphatic carbocycles. The molecule has 1 atom stereocenters. The molecule has 33 heavy (non-hydrogen) atoms. The lowest BCUT2D eigenvalue weighted by atomic mass is 9.86. The molecule has 176 valence electrons. The fraction of sp³-hybridized carbons (Fsp3) is 0.435. The van der Waals surface area contributed by atoms with Crippen molar-refractivity contribution in [1.29, 1.82) is 0 Å². The van der Waals surface area contributed by atoms with E-state index in [0.29, 0.717) is 25.2 Å². The van der Waals surface area contributed by atoms with Crippen LogP contribution in [-0.4, -0.2) is 54.9 Å². The number of ether oxygens (including phenoxy) is 1. The first-order chi connectivity index (χ1) is 15.8. The zero-order chi connectivity index (χ0) is 23.6. The smallest absolute Gasteiger partial charge is 0.223 e. The van der Waals surface area contributed by atoms with Crippen LogP contribution in [0.4, 0.5) is 11.5 Å². The van der Waals surface area contributed by atoms with Crippen molar-refractivity contribution >= 4 is 38.3 Å². The first-order valence-corrected chi connectivity index (χ1v) is 13.0. The number of aromatic amines is 1. The summed E-state index contributed by atoms with van der Waals surface area (Å²) in [5, 5.41) is 7.20. The molecule has 0 spiro atoms. The van der Waals surface area contributed by atoms with E-state index in [0.717, 1.165) is 52.1 Å². The van der Waals surface area contributed by atoms with Crippen molar-refractivity contribution in [3.05, 3.63) is 41.3 Å². The number of nitrogens with one attached hydrogen (secondary N) is 3. The summed E-state index contributed by atoms with van der Waals surface area (Å²) < 4.78 is 28.1. The van der Waals surface area contributed by atoms with E-state index in [1.54, 1.807) is 7.11 Å². The molecule has 1 unspecified atom stereocenters. The van der Waals surface area contributed by atoms with Gasteiger partial charge in [-0.15, -0.1) is 0 Å². The van der Waals surface area contributed by atoms with Crippen LogP contribution in [0.1, 0.15) is 29.7 Å². The Morgan fingerprint density at radius 1 is 1.30 bits per heavy atom. The number of hydrogen-bond acceptors (Lipinski definition) is 7. The standard InChI is InChI=1S/C23H29N5O4S/c1-14-6-4-7-18(32-2)20(14)28-22-19-16-12-15(23(29)24-10-5-11-33(3,30)31)8-9-17(16)27-21(19)25-13-26-22/h4,6-7,13,15H,5,8-12H2,1-3H3,(H,24,29)(H2,25,26,27,28). The number of benzene rings is 1. The third kappa shape index (κ3) is 5.11. The minimum absolute atomic E-state index is 0.0459. The normalized spacial score (nSPS) is 15.8. The second kappa shape index (κ2) is 9.38. The Hall–Kier alpha value is -3.14. The number of fused-ring (bicyclic) bond motifs is 3. The minimum Gasteiger partial charge on any atom is -0.495 e. The monoisotopic (exact) mass is 471 g/mol. The number of methoxy groups -OCH3 is 1. The summed E-state index contributed by atoms with van der Waals surface area (Å²) in [6.07, 6.45) is 5.16. The van der Waals surface area contributed by atoms with Gasteiger partial charge in [-0.1, -0.05) is 12.1 Å². The number of anilines is 2. The molecule has 9 nitrogen and oxygen atoms in total. The van der Waals surface area contributed by atoms with Crippen molar-refractivity contribution in [2.24, 2.45) is 5.92 Å². The predicted octanol–water partition coefficient (Wildman–Crippen LogP) is 2.67. The summed E-state index contributed by atoms with van der Waals surface area (Å²) in [5.74, 6) is 1.22. The van der Waals surface area contributed by atoms with Gasteiger partial charge in [-0.25, -0.2) is 18.4 Å². The molecule has 0 bridgehead atoms. The van der Waals surface area contributed by atoms with Gasteiger partial charge in [-0.3, -0.25) is 4.79 Å². The van der Waals surface area contributed by atoms with Gasteiger partial charge in [0.2, 0.25) is 5.91 Å². The molecule has 2 aromatic heterocycles. The van der Waals surface area contributed by atoms with Crippen LogP contribution >= 0.6 is 0 Å². The third-order valence-corrected chi connectivity index (χ3v) is 7.07. The molecule has 0 fully saturated rings. The van der Waals surface area contributed by atoms with Crippen molar-refractivity contribution in [3.63, 3.8) is 0 Å². The molecular weight excluding hydrogens is 442 g/mol. The number of aryl methyl sites for hydroxylation is 2. The molecule has 1 aromatic carbocycles. The van der Waals surface area contributed by atoms with E-state index in [9.17, 15) is 13.2 Å². The van der Waals surface area contributed by atoms with Gasteiger partial charge in [0.1, 0.15) is 33.4 Å². The number of carbonyl (C=O) groups excluding carboxylic acids is 1. The number of nitrogens with zero attached hydrogens (tertiary/aromatic N) is 2. The molecule has 0 saturated heterocycles. The Balaban J connectivity index is 1.56. The highest BCUT2D eigenvalue weighted by Gasteiger charge is 2.29. The van der Waals surface area contributed by atoms with E-state index < -0.39 is 9.84 Å². The zero-order valence-corrected chi connectivity index (χ0v) is 19.9. The van der Waals surface area contributed by atoms with Gasteiger partial charge in [0.25, 0.3) is 0 Å². The lowest BCUT2D eigenvalue weighted by Gasteiger charge is -2.22. The fourth-order valence-electron chi connectivity index (χ4n) is 4.34. The predicted molar refractivity (Wildman–Crippen MR) is 128 cm³/mol. The molecule has 1 amide bonds. The Morgan fingerprint density at radius 2 is 2.12 bits per heavy atom. The topological polar surface area (TPSA) is 126 Å². The van der Waals surface area contributed by atoms with Gasteiger partial charge >= 0.3 is 0 Å². The van der Waals surface area contributed by atoms with Crippen LogP contribution in [0.25, 0.3) is 11.0 Å². The lowest BCUT2D eigenvalue weighted by molar-refractivity contribution is -0.125. The quantitative estimate of drug-likeness (QED) is 0.431. The maximum absolute atomic E-state index is 12.8. The van der Waals surface area contributed by atoms with Crippen molar-refractivity contribution in [1.82, 2.24) is 20.3 Å². The molecule has 3 aromatic rings. The van der Waals surface area contributed by atoms with Gasteiger partial charge in [0.05, 0.1) is 23.9 Å². The number of rotatable bonds is 8. The highest BCUT2D eigenvalue weighted by atomic mass is 32.2. The Bertz CT molecular complexity index is 1290. The van der Waals surface area contributed by atoms with Crippen LogP contribution in [0.3, 0.4) is 0 Å². The maximum atomic E-state index is 12.8. The molecule has 0 saturated carbocycles. The molecule has 1 aliphatic rings. The summed E-state index contributed by atoms with van der Waals surface area (Å²) >= 11 is 0. The number of para-hydroxylation sites is 1. The van der Waals surface area contributed by atoms with Gasteiger partial charge in [-0.05, 0) is 49.8 Å².